The Morgan fingerprint density at radius 2 is 1.38 bits per heavy atom. The van der Waals surface area contributed by atoms with E-state index >= 15 is 0 Å². The Morgan fingerprint density at radius 1 is 1.00 bits per heavy atom. The van der Waals surface area contributed by atoms with Gasteiger partial charge in [-0.2, -0.15) is 0 Å². The van der Waals surface area contributed by atoms with Crippen LogP contribution in [-0.2, 0) is 0 Å². The fraction of sp³-hybridized carbons (Fsp3) is 0.714. The Bertz CT molecular complexity index is 97.0. The average molecular weight is 126 g/mol. The van der Waals surface area contributed by atoms with Crippen LogP contribution >= 0.6 is 0 Å². The zero-order chi connectivity index (χ0) is 6.73. The maximum Gasteiger partial charge on any atom is 0.292 e. The predicted molar refractivity (Wildman–Crippen MR) is 41.5 cm³/mol. The van der Waals surface area contributed by atoms with Crippen LogP contribution < -0.4 is 0 Å². The third-order valence-electron chi connectivity index (χ3n) is 1.65. The first-order valence-electron chi connectivity index (χ1n) is 3.19. The molecule has 0 spiro atoms. The maximum absolute atomic E-state index is 2.36. The second-order valence-electron chi connectivity index (χ2n) is 2.84. The molecular formula is C7H15Al. The normalized spacial score (nSPS) is 8.62. The van der Waals surface area contributed by atoms with Crippen LogP contribution in [0.25, 0.3) is 0 Å². The van der Waals surface area contributed by atoms with Crippen molar-refractivity contribution in [2.45, 2.75) is 32.3 Å². The van der Waals surface area contributed by atoms with E-state index in [4.69, 9.17) is 0 Å². The van der Waals surface area contributed by atoms with Gasteiger partial charge in [-0.3, -0.25) is 0 Å². The van der Waals surface area contributed by atoms with Gasteiger partial charge in [0.25, 0.3) is 14.1 Å². The number of hydrogen-bond donors (Lipinski definition) is 0. The molecule has 0 amide bonds. The molecule has 8 heavy (non-hydrogen) atoms. The summed E-state index contributed by atoms with van der Waals surface area (Å²) in [4.78, 5) is 0. The fourth-order valence-corrected chi connectivity index (χ4v) is 1.73. The first-order valence-corrected chi connectivity index (χ1v) is 6.08. The van der Waals surface area contributed by atoms with E-state index in [2.05, 4.69) is 32.3 Å². The molecule has 0 atom stereocenters. The van der Waals surface area contributed by atoms with Gasteiger partial charge in [0, 0.05) is 0 Å². The van der Waals surface area contributed by atoms with E-state index in [1.807, 2.05) is 0 Å². The van der Waals surface area contributed by atoms with E-state index in [1.165, 1.54) is 5.57 Å². The molecule has 0 saturated carbocycles. The van der Waals surface area contributed by atoms with Crippen molar-refractivity contribution in [3.8, 4) is 0 Å². The summed E-state index contributed by atoms with van der Waals surface area (Å²) in [5.74, 6) is 4.73. The first-order chi connectivity index (χ1) is 3.55. The van der Waals surface area contributed by atoms with Crippen LogP contribution in [0.2, 0.25) is 11.6 Å². The lowest BCUT2D eigenvalue weighted by Gasteiger charge is -2.01. The van der Waals surface area contributed by atoms with Gasteiger partial charge in [-0.1, -0.05) is 12.5 Å². The zero-order valence-corrected chi connectivity index (χ0v) is 7.73. The van der Waals surface area contributed by atoms with Crippen molar-refractivity contribution >= 4 is 14.1 Å². The van der Waals surface area contributed by atoms with E-state index in [0.29, 0.717) is 0 Å². The molecular weight excluding hydrogens is 111 g/mol. The Hall–Kier alpha value is 0.272. The van der Waals surface area contributed by atoms with E-state index in [0.717, 1.165) is 0 Å². The van der Waals surface area contributed by atoms with Gasteiger partial charge in [0.1, 0.15) is 0 Å². The number of rotatable bonds is 1. The lowest BCUT2D eigenvalue weighted by Crippen LogP contribution is -2.03. The summed E-state index contributed by atoms with van der Waals surface area (Å²) in [6.45, 7) is 6.65. The molecule has 0 N–H and O–H groups in total. The van der Waals surface area contributed by atoms with Gasteiger partial charge in [0.2, 0.25) is 0 Å². The molecule has 0 bridgehead atoms. The van der Waals surface area contributed by atoms with Gasteiger partial charge in [-0.15, -0.1) is 16.0 Å². The third-order valence-corrected chi connectivity index (χ3v) is 3.96. The average Bonchev–Trinajstić information content (AvgIpc) is 1.64. The lowest BCUT2D eigenvalue weighted by molar-refractivity contribution is 1.32. The summed E-state index contributed by atoms with van der Waals surface area (Å²) in [6.07, 6.45) is 0. The molecule has 0 aliphatic rings. The minimum Gasteiger partial charge on any atom is -0.135 e. The van der Waals surface area contributed by atoms with Gasteiger partial charge in [0.15, 0.2) is 0 Å². The molecule has 0 heterocycles. The molecule has 0 aliphatic carbocycles. The summed E-state index contributed by atoms with van der Waals surface area (Å²) in [5, 5.41) is 0. The maximum atomic E-state index is 2.36. The first kappa shape index (κ1) is 8.27. The molecule has 0 unspecified atom stereocenters. The fourth-order valence-electron chi connectivity index (χ4n) is 0.577. The standard InChI is InChI=1S/C5H9.2CH3.Al/c1-4-5(2)3;;;/h1-3H3;2*1H3;. The molecule has 0 aromatic heterocycles. The highest BCUT2D eigenvalue weighted by atomic mass is 27.2. The Morgan fingerprint density at radius 3 is 1.38 bits per heavy atom. The van der Waals surface area contributed by atoms with Crippen molar-refractivity contribution in [2.24, 2.45) is 0 Å². The quantitative estimate of drug-likeness (QED) is 0.474. The smallest absolute Gasteiger partial charge is 0.135 e. The van der Waals surface area contributed by atoms with Gasteiger partial charge in [-0.05, 0) is 13.8 Å². The van der Waals surface area contributed by atoms with E-state index < -0.39 is 14.1 Å². The van der Waals surface area contributed by atoms with Crippen molar-refractivity contribution in [2.75, 3.05) is 0 Å². The van der Waals surface area contributed by atoms with Gasteiger partial charge >= 0.3 is 0 Å². The van der Waals surface area contributed by atoms with Crippen LogP contribution in [0.1, 0.15) is 20.8 Å². The molecule has 0 radical (unpaired) electrons. The topological polar surface area (TPSA) is 0 Å². The largest absolute Gasteiger partial charge is 0.292 e. The van der Waals surface area contributed by atoms with Crippen molar-refractivity contribution in [1.29, 1.82) is 0 Å². The summed E-state index contributed by atoms with van der Waals surface area (Å²) in [6, 6.07) is 0. The minimum absolute atomic E-state index is 0.443. The van der Waals surface area contributed by atoms with Crippen molar-refractivity contribution in [3.05, 3.63) is 10.0 Å². The summed E-state index contributed by atoms with van der Waals surface area (Å²) in [7, 11) is 0. The lowest BCUT2D eigenvalue weighted by atomic mass is 10.3. The SMILES string of the molecule is CC(C)=[C](C)[Al]([CH3])[CH3]. The van der Waals surface area contributed by atoms with E-state index in [9.17, 15) is 0 Å². The molecule has 0 fully saturated rings. The van der Waals surface area contributed by atoms with Crippen molar-refractivity contribution < 1.29 is 0 Å². The Kier molecular flexibility index (Phi) is 3.44. The van der Waals surface area contributed by atoms with Crippen LogP contribution in [0.5, 0.6) is 0 Å². The molecule has 0 nitrogen and oxygen atoms in total. The van der Waals surface area contributed by atoms with E-state index in [1.54, 1.807) is 4.44 Å². The van der Waals surface area contributed by atoms with Crippen molar-refractivity contribution in [3.63, 3.8) is 0 Å². The second kappa shape index (κ2) is 3.33. The minimum atomic E-state index is -0.443. The molecule has 46 valence electrons. The van der Waals surface area contributed by atoms with Crippen LogP contribution in [-0.4, -0.2) is 14.1 Å². The molecule has 0 rings (SSSR count). The van der Waals surface area contributed by atoms with Gasteiger partial charge in [-0.25, -0.2) is 0 Å². The van der Waals surface area contributed by atoms with Crippen LogP contribution in [0, 0.1) is 0 Å². The zero-order valence-electron chi connectivity index (χ0n) is 6.58. The molecule has 0 aromatic rings. The monoisotopic (exact) mass is 126 g/mol. The van der Waals surface area contributed by atoms with Gasteiger partial charge in [0.05, 0.1) is 0 Å². The Labute approximate surface area is 57.0 Å². The number of hydrogen-bond acceptors (Lipinski definition) is 0. The molecule has 1 heteroatoms. The summed E-state index contributed by atoms with van der Waals surface area (Å²) < 4.78 is 1.66. The van der Waals surface area contributed by atoms with E-state index in [-0.39, 0.29) is 0 Å². The second-order valence-corrected chi connectivity index (χ2v) is 6.01. The van der Waals surface area contributed by atoms with Crippen LogP contribution in [0.3, 0.4) is 0 Å². The molecule has 0 saturated heterocycles. The highest BCUT2D eigenvalue weighted by molar-refractivity contribution is 6.63. The predicted octanol–water partition coefficient (Wildman–Crippen LogP) is 2.64. The summed E-state index contributed by atoms with van der Waals surface area (Å²) in [5.41, 5.74) is 1.52. The number of allylic oxidation sites excluding steroid dienone is 2. The Balaban J connectivity index is 4.00. The van der Waals surface area contributed by atoms with Crippen molar-refractivity contribution in [1.82, 2.24) is 0 Å². The van der Waals surface area contributed by atoms with Gasteiger partial charge < -0.3 is 0 Å². The third kappa shape index (κ3) is 2.55. The molecule has 0 aliphatic heterocycles. The highest BCUT2D eigenvalue weighted by Gasteiger charge is 2.03. The summed E-state index contributed by atoms with van der Waals surface area (Å²) >= 11 is -0.443. The highest BCUT2D eigenvalue weighted by Crippen LogP contribution is 2.04. The van der Waals surface area contributed by atoms with Crippen LogP contribution in [0.4, 0.5) is 0 Å². The van der Waals surface area contributed by atoms with Crippen LogP contribution in [0.15, 0.2) is 10.0 Å². The molecule has 0 aromatic carbocycles.